The third-order valence-corrected chi connectivity index (χ3v) is 6.42. The van der Waals surface area contributed by atoms with Crippen molar-refractivity contribution in [2.24, 2.45) is 5.92 Å². The zero-order valence-electron chi connectivity index (χ0n) is 12.3. The van der Waals surface area contributed by atoms with Crippen molar-refractivity contribution in [3.05, 3.63) is 0 Å². The summed E-state index contributed by atoms with van der Waals surface area (Å²) in [6.07, 6.45) is 7.87. The highest BCUT2D eigenvalue weighted by Gasteiger charge is 2.35. The van der Waals surface area contributed by atoms with Crippen molar-refractivity contribution in [1.29, 1.82) is 5.26 Å². The van der Waals surface area contributed by atoms with Crippen LogP contribution in [0.4, 0.5) is 0 Å². The summed E-state index contributed by atoms with van der Waals surface area (Å²) in [4.78, 5) is 0. The molecular formula is C14H25N3O2S. The van der Waals surface area contributed by atoms with E-state index in [0.29, 0.717) is 19.0 Å². The molecule has 0 radical (unpaired) electrons. The Hall–Kier alpha value is -0.640. The molecule has 0 aromatic heterocycles. The maximum atomic E-state index is 12.7. The van der Waals surface area contributed by atoms with E-state index >= 15 is 0 Å². The van der Waals surface area contributed by atoms with Crippen molar-refractivity contribution in [2.45, 2.75) is 57.4 Å². The smallest absolute Gasteiger partial charge is 0.198 e. The van der Waals surface area contributed by atoms with Gasteiger partial charge in [-0.3, -0.25) is 0 Å². The van der Waals surface area contributed by atoms with E-state index in [2.05, 4.69) is 6.07 Å². The molecule has 2 fully saturated rings. The largest absolute Gasteiger partial charge is 0.282 e. The number of rotatable bonds is 7. The van der Waals surface area contributed by atoms with E-state index in [9.17, 15) is 8.42 Å². The maximum absolute atomic E-state index is 12.7. The highest BCUT2D eigenvalue weighted by Crippen LogP contribution is 2.32. The second-order valence-electron chi connectivity index (χ2n) is 6.03. The van der Waals surface area contributed by atoms with Crippen molar-refractivity contribution in [3.63, 3.8) is 0 Å². The first kappa shape index (κ1) is 15.7. The quantitative estimate of drug-likeness (QED) is 0.723. The number of hydrogen-bond donors (Lipinski definition) is 0. The molecule has 2 saturated carbocycles. The highest BCUT2D eigenvalue weighted by molar-refractivity contribution is 7.86. The standard InChI is InChI=1S/C14H25N3O2S/c1-16(14-6-3-2-4-7-14)20(18,19)17(11-5-10-15)12-13-8-9-13/h13-14H,2-9,11-12H2,1H3. The van der Waals surface area contributed by atoms with Crippen molar-refractivity contribution in [1.82, 2.24) is 8.61 Å². The lowest BCUT2D eigenvalue weighted by atomic mass is 9.96. The molecule has 0 atom stereocenters. The van der Waals surface area contributed by atoms with Crippen LogP contribution in [0.25, 0.3) is 0 Å². The third kappa shape index (κ3) is 3.94. The molecule has 6 heteroatoms. The molecule has 20 heavy (non-hydrogen) atoms. The molecule has 5 nitrogen and oxygen atoms in total. The molecular weight excluding hydrogens is 274 g/mol. The Bertz CT molecular complexity index is 448. The van der Waals surface area contributed by atoms with Gasteiger partial charge in [0.25, 0.3) is 10.2 Å². The summed E-state index contributed by atoms with van der Waals surface area (Å²) in [5, 5.41) is 8.73. The van der Waals surface area contributed by atoms with Crippen LogP contribution in [-0.2, 0) is 10.2 Å². The van der Waals surface area contributed by atoms with Gasteiger partial charge in [0.05, 0.1) is 6.07 Å². The summed E-state index contributed by atoms with van der Waals surface area (Å²) < 4.78 is 28.6. The summed E-state index contributed by atoms with van der Waals surface area (Å²) in [6, 6.07) is 2.19. The van der Waals surface area contributed by atoms with E-state index in [1.165, 1.54) is 10.7 Å². The molecule has 0 unspecified atom stereocenters. The Morgan fingerprint density at radius 1 is 1.15 bits per heavy atom. The van der Waals surface area contributed by atoms with E-state index in [4.69, 9.17) is 5.26 Å². The summed E-state index contributed by atoms with van der Waals surface area (Å²) in [5.74, 6) is 0.503. The average Bonchev–Trinajstić information content (AvgIpc) is 3.27. The fourth-order valence-corrected chi connectivity index (χ4v) is 4.55. The molecule has 2 aliphatic carbocycles. The monoisotopic (exact) mass is 299 g/mol. The molecule has 2 aliphatic rings. The van der Waals surface area contributed by atoms with Crippen molar-refractivity contribution in [2.75, 3.05) is 20.1 Å². The molecule has 0 spiro atoms. The van der Waals surface area contributed by atoms with Gasteiger partial charge in [-0.1, -0.05) is 19.3 Å². The highest BCUT2D eigenvalue weighted by atomic mass is 32.2. The Morgan fingerprint density at radius 3 is 2.35 bits per heavy atom. The lowest BCUT2D eigenvalue weighted by Gasteiger charge is -2.34. The van der Waals surface area contributed by atoms with Gasteiger partial charge in [-0.15, -0.1) is 0 Å². The first-order chi connectivity index (χ1) is 9.55. The Balaban J connectivity index is 2.04. The van der Waals surface area contributed by atoms with Crippen LogP contribution < -0.4 is 0 Å². The normalized spacial score (nSPS) is 21.3. The molecule has 0 aromatic rings. The fourth-order valence-electron chi connectivity index (χ4n) is 2.88. The molecule has 114 valence electrons. The maximum Gasteiger partial charge on any atom is 0.282 e. The van der Waals surface area contributed by atoms with Crippen LogP contribution in [0.3, 0.4) is 0 Å². The van der Waals surface area contributed by atoms with Crippen LogP contribution in [0, 0.1) is 17.2 Å². The minimum Gasteiger partial charge on any atom is -0.198 e. The minimum atomic E-state index is -3.41. The van der Waals surface area contributed by atoms with E-state index in [-0.39, 0.29) is 12.5 Å². The van der Waals surface area contributed by atoms with Crippen molar-refractivity contribution >= 4 is 10.2 Å². The number of nitriles is 1. The second-order valence-corrected chi connectivity index (χ2v) is 8.01. The summed E-state index contributed by atoms with van der Waals surface area (Å²) in [7, 11) is -1.71. The van der Waals surface area contributed by atoms with Gasteiger partial charge in [-0.2, -0.15) is 22.3 Å². The van der Waals surface area contributed by atoms with Gasteiger partial charge in [-0.05, 0) is 31.6 Å². The van der Waals surface area contributed by atoms with Crippen molar-refractivity contribution in [3.8, 4) is 6.07 Å². The first-order valence-corrected chi connectivity index (χ1v) is 9.05. The van der Waals surface area contributed by atoms with Crippen LogP contribution in [0.1, 0.15) is 51.4 Å². The molecule has 0 bridgehead atoms. The SMILES string of the molecule is CN(C1CCCCC1)S(=O)(=O)N(CCC#N)CC1CC1. The lowest BCUT2D eigenvalue weighted by Crippen LogP contribution is -2.48. The molecule has 0 aromatic carbocycles. The zero-order valence-corrected chi connectivity index (χ0v) is 13.1. The Morgan fingerprint density at radius 2 is 1.80 bits per heavy atom. The summed E-state index contributed by atoms with van der Waals surface area (Å²) in [6.45, 7) is 0.910. The van der Waals surface area contributed by atoms with E-state index in [0.717, 1.165) is 38.5 Å². The van der Waals surface area contributed by atoms with Crippen molar-refractivity contribution < 1.29 is 8.42 Å². The van der Waals surface area contributed by atoms with E-state index in [1.807, 2.05) is 0 Å². The van der Waals surface area contributed by atoms with Gasteiger partial charge in [0.15, 0.2) is 0 Å². The van der Waals surface area contributed by atoms with Gasteiger partial charge in [0, 0.05) is 32.6 Å². The van der Waals surface area contributed by atoms with Crippen LogP contribution in [0.5, 0.6) is 0 Å². The summed E-state index contributed by atoms with van der Waals surface area (Å²) in [5.41, 5.74) is 0. The zero-order chi connectivity index (χ0) is 14.6. The number of nitrogens with zero attached hydrogens (tertiary/aromatic N) is 3. The first-order valence-electron chi connectivity index (χ1n) is 7.65. The number of hydrogen-bond acceptors (Lipinski definition) is 3. The Labute approximate surface area is 122 Å². The molecule has 0 aliphatic heterocycles. The predicted molar refractivity (Wildman–Crippen MR) is 78.1 cm³/mol. The molecule has 2 rings (SSSR count). The average molecular weight is 299 g/mol. The van der Waals surface area contributed by atoms with Crippen LogP contribution in [0.2, 0.25) is 0 Å². The lowest BCUT2D eigenvalue weighted by molar-refractivity contribution is 0.261. The molecule has 0 saturated heterocycles. The van der Waals surface area contributed by atoms with Gasteiger partial charge in [-0.25, -0.2) is 0 Å². The molecule has 0 N–H and O–H groups in total. The Kier molecular flexibility index (Phi) is 5.42. The van der Waals surface area contributed by atoms with Crippen LogP contribution >= 0.6 is 0 Å². The van der Waals surface area contributed by atoms with E-state index in [1.54, 1.807) is 11.4 Å². The fraction of sp³-hybridized carbons (Fsp3) is 0.929. The molecule has 0 amide bonds. The van der Waals surface area contributed by atoms with Crippen LogP contribution in [0.15, 0.2) is 0 Å². The van der Waals surface area contributed by atoms with Gasteiger partial charge >= 0.3 is 0 Å². The second kappa shape index (κ2) is 6.88. The molecule has 0 heterocycles. The van der Waals surface area contributed by atoms with Crippen LogP contribution in [-0.4, -0.2) is 43.2 Å². The third-order valence-electron chi connectivity index (χ3n) is 4.41. The minimum absolute atomic E-state index is 0.137. The van der Waals surface area contributed by atoms with Gasteiger partial charge in [0.2, 0.25) is 0 Å². The van der Waals surface area contributed by atoms with Gasteiger partial charge in [0.1, 0.15) is 0 Å². The predicted octanol–water partition coefficient (Wildman–Crippen LogP) is 2.12. The topological polar surface area (TPSA) is 64.4 Å². The summed E-state index contributed by atoms with van der Waals surface area (Å²) >= 11 is 0. The van der Waals surface area contributed by atoms with Gasteiger partial charge < -0.3 is 0 Å². The van der Waals surface area contributed by atoms with E-state index < -0.39 is 10.2 Å².